The largest absolute Gasteiger partial charge is 0.293 e. The van der Waals surface area contributed by atoms with Gasteiger partial charge in [0.1, 0.15) is 5.69 Å². The number of halogens is 1. The minimum atomic E-state index is -0.348. The highest BCUT2D eigenvalue weighted by atomic mass is 79.9. The van der Waals surface area contributed by atoms with E-state index in [4.69, 9.17) is 0 Å². The number of nitrogens with one attached hydrogen (secondary N) is 1. The maximum Gasteiger partial charge on any atom is 0.293 e. The van der Waals surface area contributed by atoms with E-state index in [1.807, 2.05) is 24.3 Å². The third-order valence-electron chi connectivity index (χ3n) is 2.34. The Hall–Kier alpha value is -1.46. The van der Waals surface area contributed by atoms with E-state index in [0.717, 1.165) is 16.2 Å². The second-order valence-electron chi connectivity index (χ2n) is 3.49. The Bertz CT molecular complexity index is 557. The Morgan fingerprint density at radius 1 is 1.41 bits per heavy atom. The Balaban J connectivity index is 2.41. The lowest BCUT2D eigenvalue weighted by Gasteiger charge is -2.04. The molecule has 0 saturated carbocycles. The van der Waals surface area contributed by atoms with Crippen molar-refractivity contribution in [3.8, 4) is 0 Å². The first-order chi connectivity index (χ1) is 8.24. The Morgan fingerprint density at radius 3 is 2.94 bits per heavy atom. The van der Waals surface area contributed by atoms with Crippen LogP contribution in [0.5, 0.6) is 0 Å². The van der Waals surface area contributed by atoms with E-state index in [-0.39, 0.29) is 5.91 Å². The molecule has 1 amide bonds. The first kappa shape index (κ1) is 12.0. The molecule has 4 nitrogen and oxygen atoms in total. The molecular formula is C12H11BrN2O2. The molecule has 0 bridgehead atoms. The van der Waals surface area contributed by atoms with Crippen LogP contribution < -0.4 is 5.48 Å². The Labute approximate surface area is 107 Å². The quantitative estimate of drug-likeness (QED) is 0.699. The van der Waals surface area contributed by atoms with E-state index >= 15 is 0 Å². The molecule has 0 atom stereocenters. The van der Waals surface area contributed by atoms with Crippen molar-refractivity contribution >= 4 is 32.7 Å². The SMILES string of the molecule is CONC(=O)c1ccc2cc(CBr)ccc2n1. The first-order valence-corrected chi connectivity index (χ1v) is 6.15. The number of rotatable bonds is 3. The van der Waals surface area contributed by atoms with Gasteiger partial charge in [0.15, 0.2) is 0 Å². The Kier molecular flexibility index (Phi) is 3.71. The molecule has 1 aromatic carbocycles. The summed E-state index contributed by atoms with van der Waals surface area (Å²) in [5, 5.41) is 1.81. The number of hydrogen-bond acceptors (Lipinski definition) is 3. The van der Waals surface area contributed by atoms with Gasteiger partial charge in [0, 0.05) is 10.7 Å². The minimum absolute atomic E-state index is 0.339. The van der Waals surface area contributed by atoms with Crippen molar-refractivity contribution in [1.29, 1.82) is 0 Å². The maximum atomic E-state index is 11.5. The molecule has 0 radical (unpaired) electrons. The lowest BCUT2D eigenvalue weighted by molar-refractivity contribution is 0.0533. The monoisotopic (exact) mass is 294 g/mol. The molecule has 0 aliphatic heterocycles. The molecule has 1 heterocycles. The molecule has 0 aliphatic carbocycles. The van der Waals surface area contributed by atoms with Crippen molar-refractivity contribution in [2.75, 3.05) is 7.11 Å². The summed E-state index contributed by atoms with van der Waals surface area (Å²) >= 11 is 3.40. The molecule has 1 aromatic heterocycles. The number of hydroxylamine groups is 1. The van der Waals surface area contributed by atoms with Crippen LogP contribution in [-0.2, 0) is 10.2 Å². The number of amides is 1. The second kappa shape index (κ2) is 5.25. The molecule has 0 spiro atoms. The highest BCUT2D eigenvalue weighted by Gasteiger charge is 2.07. The molecule has 0 unspecified atom stereocenters. The molecule has 17 heavy (non-hydrogen) atoms. The van der Waals surface area contributed by atoms with Gasteiger partial charge in [0.25, 0.3) is 5.91 Å². The number of carbonyl (C=O) groups is 1. The molecule has 2 rings (SSSR count). The van der Waals surface area contributed by atoms with Crippen LogP contribution in [0.1, 0.15) is 16.1 Å². The standard InChI is InChI=1S/C12H11BrN2O2/c1-17-15-12(16)11-5-3-9-6-8(7-13)2-4-10(9)14-11/h2-6H,7H2,1H3,(H,15,16). The molecule has 0 aliphatic rings. The molecule has 88 valence electrons. The van der Waals surface area contributed by atoms with Crippen molar-refractivity contribution < 1.29 is 9.63 Å². The van der Waals surface area contributed by atoms with Gasteiger partial charge in [0.2, 0.25) is 0 Å². The number of fused-ring (bicyclic) bond motifs is 1. The highest BCUT2D eigenvalue weighted by molar-refractivity contribution is 9.08. The average Bonchev–Trinajstić information content (AvgIpc) is 2.37. The topological polar surface area (TPSA) is 51.2 Å². The van der Waals surface area contributed by atoms with Crippen LogP contribution in [0.4, 0.5) is 0 Å². The predicted octanol–water partition coefficient (Wildman–Crippen LogP) is 2.42. The highest BCUT2D eigenvalue weighted by Crippen LogP contribution is 2.16. The number of hydrogen-bond donors (Lipinski definition) is 1. The maximum absolute atomic E-state index is 11.5. The summed E-state index contributed by atoms with van der Waals surface area (Å²) in [5.74, 6) is -0.348. The van der Waals surface area contributed by atoms with E-state index in [2.05, 4.69) is 31.2 Å². The first-order valence-electron chi connectivity index (χ1n) is 5.03. The van der Waals surface area contributed by atoms with Gasteiger partial charge in [-0.3, -0.25) is 9.63 Å². The van der Waals surface area contributed by atoms with Gasteiger partial charge in [-0.25, -0.2) is 10.5 Å². The third kappa shape index (κ3) is 2.62. The number of carbonyl (C=O) groups excluding carboxylic acids is 1. The predicted molar refractivity (Wildman–Crippen MR) is 68.8 cm³/mol. The van der Waals surface area contributed by atoms with Gasteiger partial charge in [-0.15, -0.1) is 0 Å². The summed E-state index contributed by atoms with van der Waals surface area (Å²) in [5.41, 5.74) is 4.54. The fourth-order valence-corrected chi connectivity index (χ4v) is 1.88. The molecule has 0 fully saturated rings. The van der Waals surface area contributed by atoms with E-state index in [9.17, 15) is 4.79 Å². The summed E-state index contributed by atoms with van der Waals surface area (Å²) in [6.07, 6.45) is 0. The summed E-state index contributed by atoms with van der Waals surface area (Å²) in [4.78, 5) is 20.3. The van der Waals surface area contributed by atoms with Gasteiger partial charge in [0.05, 0.1) is 12.6 Å². The van der Waals surface area contributed by atoms with Crippen LogP contribution in [-0.4, -0.2) is 18.0 Å². The van der Waals surface area contributed by atoms with Crippen LogP contribution in [0.15, 0.2) is 30.3 Å². The van der Waals surface area contributed by atoms with E-state index in [1.54, 1.807) is 6.07 Å². The molecule has 1 N–H and O–H groups in total. The van der Waals surface area contributed by atoms with Gasteiger partial charge >= 0.3 is 0 Å². The van der Waals surface area contributed by atoms with Crippen molar-refractivity contribution in [3.05, 3.63) is 41.6 Å². The van der Waals surface area contributed by atoms with Crippen LogP contribution in [0, 0.1) is 0 Å². The molecular weight excluding hydrogens is 284 g/mol. The van der Waals surface area contributed by atoms with Crippen LogP contribution in [0.2, 0.25) is 0 Å². The van der Waals surface area contributed by atoms with Gasteiger partial charge in [-0.05, 0) is 23.8 Å². The minimum Gasteiger partial charge on any atom is -0.277 e. The summed E-state index contributed by atoms with van der Waals surface area (Å²) < 4.78 is 0. The van der Waals surface area contributed by atoms with Crippen molar-refractivity contribution in [1.82, 2.24) is 10.5 Å². The normalized spacial score (nSPS) is 10.5. The second-order valence-corrected chi connectivity index (χ2v) is 4.05. The van der Waals surface area contributed by atoms with Gasteiger partial charge in [-0.2, -0.15) is 0 Å². The fourth-order valence-electron chi connectivity index (χ4n) is 1.53. The number of alkyl halides is 1. The number of aromatic nitrogens is 1. The Morgan fingerprint density at radius 2 is 2.24 bits per heavy atom. The smallest absolute Gasteiger partial charge is 0.277 e. The number of nitrogens with zero attached hydrogens (tertiary/aromatic N) is 1. The van der Waals surface area contributed by atoms with Gasteiger partial charge < -0.3 is 0 Å². The zero-order chi connectivity index (χ0) is 12.3. The fraction of sp³-hybridized carbons (Fsp3) is 0.167. The van der Waals surface area contributed by atoms with Gasteiger partial charge in [-0.1, -0.05) is 28.1 Å². The number of pyridine rings is 1. The van der Waals surface area contributed by atoms with E-state index in [0.29, 0.717) is 5.69 Å². The molecule has 0 saturated heterocycles. The zero-order valence-corrected chi connectivity index (χ0v) is 10.8. The van der Waals surface area contributed by atoms with E-state index < -0.39 is 0 Å². The molecule has 2 aromatic rings. The molecule has 5 heteroatoms. The lowest BCUT2D eigenvalue weighted by Crippen LogP contribution is -2.22. The summed E-state index contributed by atoms with van der Waals surface area (Å²) in [6.45, 7) is 0. The lowest BCUT2D eigenvalue weighted by atomic mass is 10.1. The van der Waals surface area contributed by atoms with Crippen LogP contribution in [0.25, 0.3) is 10.9 Å². The number of benzene rings is 1. The third-order valence-corrected chi connectivity index (χ3v) is 2.98. The summed E-state index contributed by atoms with van der Waals surface area (Å²) in [6, 6.07) is 9.46. The van der Waals surface area contributed by atoms with Crippen LogP contribution >= 0.6 is 15.9 Å². The average molecular weight is 295 g/mol. The zero-order valence-electron chi connectivity index (χ0n) is 9.24. The van der Waals surface area contributed by atoms with Crippen molar-refractivity contribution in [2.24, 2.45) is 0 Å². The van der Waals surface area contributed by atoms with E-state index in [1.165, 1.54) is 12.7 Å². The van der Waals surface area contributed by atoms with Crippen molar-refractivity contribution in [3.63, 3.8) is 0 Å². The van der Waals surface area contributed by atoms with Crippen LogP contribution in [0.3, 0.4) is 0 Å². The van der Waals surface area contributed by atoms with Crippen molar-refractivity contribution in [2.45, 2.75) is 5.33 Å². The summed E-state index contributed by atoms with van der Waals surface area (Å²) in [7, 11) is 1.39.